The van der Waals surface area contributed by atoms with Gasteiger partial charge in [0.2, 0.25) is 0 Å². The average Bonchev–Trinajstić information content (AvgIpc) is 2.96. The molecule has 1 aromatic carbocycles. The van der Waals surface area contributed by atoms with Crippen LogP contribution in [-0.2, 0) is 17.3 Å². The molecule has 0 amide bonds. The summed E-state index contributed by atoms with van der Waals surface area (Å²) >= 11 is 0. The number of rotatable bonds is 4. The molecule has 2 aliphatic rings. The molecule has 2 aliphatic carbocycles. The second-order valence-corrected chi connectivity index (χ2v) is 7.92. The van der Waals surface area contributed by atoms with Gasteiger partial charge in [-0.2, -0.15) is 0 Å². The first-order chi connectivity index (χ1) is 11.0. The summed E-state index contributed by atoms with van der Waals surface area (Å²) in [6.07, 6.45) is 12.6. The Morgan fingerprint density at radius 3 is 2.65 bits per heavy atom. The van der Waals surface area contributed by atoms with Crippen LogP contribution in [0.2, 0.25) is 0 Å². The van der Waals surface area contributed by atoms with Crippen molar-refractivity contribution in [3.63, 3.8) is 0 Å². The molecule has 0 aliphatic heterocycles. The average molecular weight is 306 g/mol. The largest absolute Gasteiger partial charge is 0.0987 e. The molecule has 0 aromatic heterocycles. The minimum absolute atomic E-state index is 0.195. The molecular weight excluding hydrogens is 276 g/mol. The van der Waals surface area contributed by atoms with E-state index in [1.807, 2.05) is 0 Å². The summed E-state index contributed by atoms with van der Waals surface area (Å²) in [5, 5.41) is 0. The Balaban J connectivity index is 2.17. The molecule has 23 heavy (non-hydrogen) atoms. The molecule has 0 heteroatoms. The van der Waals surface area contributed by atoms with E-state index >= 15 is 0 Å². The third-order valence-corrected chi connectivity index (χ3v) is 5.87. The summed E-state index contributed by atoms with van der Waals surface area (Å²) in [7, 11) is 0. The topological polar surface area (TPSA) is 0 Å². The maximum Gasteiger partial charge on any atom is 0.0219 e. The van der Waals surface area contributed by atoms with Crippen molar-refractivity contribution in [2.24, 2.45) is 0 Å². The first kappa shape index (κ1) is 16.3. The van der Waals surface area contributed by atoms with Gasteiger partial charge in [0, 0.05) is 5.41 Å². The predicted octanol–water partition coefficient (Wildman–Crippen LogP) is 6.41. The van der Waals surface area contributed by atoms with Crippen molar-refractivity contribution in [1.29, 1.82) is 0 Å². The molecular formula is C23H30. The fourth-order valence-electron chi connectivity index (χ4n) is 5.05. The summed E-state index contributed by atoms with van der Waals surface area (Å²) in [6, 6.07) is 7.28. The van der Waals surface area contributed by atoms with Crippen molar-refractivity contribution in [2.45, 2.75) is 70.6 Å². The highest BCUT2D eigenvalue weighted by Gasteiger charge is 2.51. The molecule has 3 rings (SSSR count). The predicted molar refractivity (Wildman–Crippen MR) is 101 cm³/mol. The van der Waals surface area contributed by atoms with Gasteiger partial charge in [-0.25, -0.2) is 0 Å². The van der Waals surface area contributed by atoms with E-state index in [0.717, 1.165) is 0 Å². The van der Waals surface area contributed by atoms with E-state index in [1.54, 1.807) is 11.1 Å². The van der Waals surface area contributed by atoms with Gasteiger partial charge in [0.1, 0.15) is 0 Å². The highest BCUT2D eigenvalue weighted by atomic mass is 14.5. The third kappa shape index (κ3) is 2.43. The summed E-state index contributed by atoms with van der Waals surface area (Å²) < 4.78 is 0. The van der Waals surface area contributed by atoms with E-state index in [1.165, 1.54) is 48.8 Å². The number of fused-ring (bicyclic) bond motifs is 2. The number of hydrogen-bond donors (Lipinski definition) is 0. The second kappa shape index (κ2) is 5.82. The Morgan fingerprint density at radius 2 is 2.00 bits per heavy atom. The monoisotopic (exact) mass is 306 g/mol. The van der Waals surface area contributed by atoms with E-state index in [0.29, 0.717) is 0 Å². The fourth-order valence-corrected chi connectivity index (χ4v) is 5.05. The van der Waals surface area contributed by atoms with Gasteiger partial charge in [-0.1, -0.05) is 70.2 Å². The first-order valence-corrected chi connectivity index (χ1v) is 9.11. The van der Waals surface area contributed by atoms with Gasteiger partial charge >= 0.3 is 0 Å². The van der Waals surface area contributed by atoms with E-state index < -0.39 is 0 Å². The summed E-state index contributed by atoms with van der Waals surface area (Å²) in [5.41, 5.74) is 8.04. The molecule has 1 atom stereocenters. The summed E-state index contributed by atoms with van der Waals surface area (Å²) in [5.74, 6) is 0. The Labute approximate surface area is 142 Å². The minimum Gasteiger partial charge on any atom is -0.0987 e. The molecule has 0 saturated heterocycles. The molecule has 0 nitrogen and oxygen atoms in total. The first-order valence-electron chi connectivity index (χ1n) is 9.11. The smallest absolute Gasteiger partial charge is 0.0219 e. The molecule has 122 valence electrons. The van der Waals surface area contributed by atoms with Gasteiger partial charge in [-0.05, 0) is 65.9 Å². The molecule has 0 radical (unpaired) electrons. The SMILES string of the molecule is C=CC1=C(/C=C\C)CCC12CC(C)(C)c1cc(CCC)ccc12. The third-order valence-electron chi connectivity index (χ3n) is 5.87. The van der Waals surface area contributed by atoms with Crippen molar-refractivity contribution in [3.8, 4) is 0 Å². The van der Waals surface area contributed by atoms with Crippen molar-refractivity contribution in [2.75, 3.05) is 0 Å². The number of aryl methyl sites for hydroxylation is 1. The van der Waals surface area contributed by atoms with Gasteiger partial charge in [0.05, 0.1) is 0 Å². The fraction of sp³-hybridized carbons (Fsp3) is 0.478. The maximum atomic E-state index is 4.17. The maximum absolute atomic E-state index is 4.17. The van der Waals surface area contributed by atoms with Crippen LogP contribution in [-0.4, -0.2) is 0 Å². The van der Waals surface area contributed by atoms with Crippen LogP contribution in [0.15, 0.2) is 54.2 Å². The molecule has 0 bridgehead atoms. The van der Waals surface area contributed by atoms with Gasteiger partial charge in [0.15, 0.2) is 0 Å². The number of allylic oxidation sites excluding steroid dienone is 5. The zero-order chi connectivity index (χ0) is 16.7. The van der Waals surface area contributed by atoms with Crippen LogP contribution in [0, 0.1) is 0 Å². The quantitative estimate of drug-likeness (QED) is 0.603. The summed E-state index contributed by atoms with van der Waals surface area (Å²) in [6.45, 7) is 13.4. The van der Waals surface area contributed by atoms with E-state index in [2.05, 4.69) is 70.7 Å². The zero-order valence-corrected chi connectivity index (χ0v) is 15.2. The highest BCUT2D eigenvalue weighted by molar-refractivity contribution is 5.59. The lowest BCUT2D eigenvalue weighted by atomic mass is 9.73. The van der Waals surface area contributed by atoms with Crippen molar-refractivity contribution in [3.05, 3.63) is 70.8 Å². The Kier molecular flexibility index (Phi) is 4.12. The Morgan fingerprint density at radius 1 is 1.22 bits per heavy atom. The van der Waals surface area contributed by atoms with Crippen molar-refractivity contribution < 1.29 is 0 Å². The minimum atomic E-state index is 0.195. The van der Waals surface area contributed by atoms with Crippen LogP contribution >= 0.6 is 0 Å². The normalized spacial score (nSPS) is 25.6. The van der Waals surface area contributed by atoms with Crippen LogP contribution < -0.4 is 0 Å². The lowest BCUT2D eigenvalue weighted by Gasteiger charge is -2.29. The van der Waals surface area contributed by atoms with Gasteiger partial charge < -0.3 is 0 Å². The van der Waals surface area contributed by atoms with Crippen molar-refractivity contribution in [1.82, 2.24) is 0 Å². The van der Waals surface area contributed by atoms with Gasteiger partial charge in [-0.15, -0.1) is 0 Å². The van der Waals surface area contributed by atoms with Crippen LogP contribution in [0.4, 0.5) is 0 Å². The molecule has 0 fully saturated rings. The van der Waals surface area contributed by atoms with Gasteiger partial charge in [-0.3, -0.25) is 0 Å². The van der Waals surface area contributed by atoms with Crippen LogP contribution in [0.5, 0.6) is 0 Å². The zero-order valence-electron chi connectivity index (χ0n) is 15.2. The molecule has 0 heterocycles. The van der Waals surface area contributed by atoms with Crippen molar-refractivity contribution >= 4 is 0 Å². The number of benzene rings is 1. The highest BCUT2D eigenvalue weighted by Crippen LogP contribution is 2.59. The second-order valence-electron chi connectivity index (χ2n) is 7.92. The lowest BCUT2D eigenvalue weighted by Crippen LogP contribution is -2.24. The Hall–Kier alpha value is -1.56. The van der Waals surface area contributed by atoms with Crippen LogP contribution in [0.3, 0.4) is 0 Å². The molecule has 1 unspecified atom stereocenters. The van der Waals surface area contributed by atoms with E-state index in [4.69, 9.17) is 0 Å². The molecule has 0 N–H and O–H groups in total. The number of hydrogen-bond acceptors (Lipinski definition) is 0. The van der Waals surface area contributed by atoms with Crippen LogP contribution in [0.1, 0.15) is 70.1 Å². The van der Waals surface area contributed by atoms with Gasteiger partial charge in [0.25, 0.3) is 0 Å². The molecule has 0 saturated carbocycles. The van der Waals surface area contributed by atoms with Crippen LogP contribution in [0.25, 0.3) is 0 Å². The van der Waals surface area contributed by atoms with E-state index in [9.17, 15) is 0 Å². The standard InChI is InChI=1S/C23H30/c1-6-9-17-11-12-20-21(15-17)22(4,5)16-23(20)14-13-18(10-7-2)19(23)8-3/h7-8,10-12,15H,3,6,9,13-14,16H2,1-2,4-5H3/b10-7-. The lowest BCUT2D eigenvalue weighted by molar-refractivity contribution is 0.397. The molecule has 1 spiro atoms. The van der Waals surface area contributed by atoms with E-state index in [-0.39, 0.29) is 10.8 Å². The Bertz CT molecular complexity index is 684. The summed E-state index contributed by atoms with van der Waals surface area (Å²) in [4.78, 5) is 0. The molecule has 1 aromatic rings.